The Balaban J connectivity index is 0.00000341. The van der Waals surface area contributed by atoms with E-state index in [0.717, 1.165) is 10.5 Å². The number of fused-ring (bicyclic) bond motifs is 1. The highest BCUT2D eigenvalue weighted by Gasteiger charge is 2.32. The number of thioether (sulfide) groups is 1. The molecule has 1 aliphatic rings. The third-order valence-electron chi connectivity index (χ3n) is 4.85. The van der Waals surface area contributed by atoms with Gasteiger partial charge in [0, 0.05) is 4.90 Å². The van der Waals surface area contributed by atoms with Crippen LogP contribution in [0.2, 0.25) is 0 Å². The van der Waals surface area contributed by atoms with Gasteiger partial charge < -0.3 is 9.84 Å². The molecule has 0 aliphatic carbocycles. The molecule has 1 unspecified atom stereocenters. The number of carboxylic acid groups (broad SMARTS) is 1. The van der Waals surface area contributed by atoms with Crippen LogP contribution in [0.1, 0.15) is 18.4 Å². The molecule has 1 amide bonds. The fourth-order valence-corrected chi connectivity index (χ4v) is 4.52. The van der Waals surface area contributed by atoms with Gasteiger partial charge in [-0.25, -0.2) is 0 Å². The van der Waals surface area contributed by atoms with Crippen molar-refractivity contribution in [2.45, 2.75) is 35.6 Å². The van der Waals surface area contributed by atoms with E-state index in [0.29, 0.717) is 18.5 Å². The average molecular weight is 465 g/mol. The van der Waals surface area contributed by atoms with Gasteiger partial charge in [-0.1, -0.05) is 42.5 Å². The number of carboxylic acids is 1. The lowest BCUT2D eigenvalue weighted by atomic mass is 10.1. The number of hydrogen-bond donors (Lipinski definition) is 2. The van der Waals surface area contributed by atoms with Gasteiger partial charge in [0.05, 0.1) is 24.6 Å². The number of halogens is 1. The van der Waals surface area contributed by atoms with Gasteiger partial charge in [0.2, 0.25) is 5.91 Å². The molecule has 2 aromatic carbocycles. The number of anilines is 1. The van der Waals surface area contributed by atoms with Crippen molar-refractivity contribution < 1.29 is 24.2 Å². The average Bonchev–Trinajstić information content (AvgIpc) is 2.87. The summed E-state index contributed by atoms with van der Waals surface area (Å²) in [7, 11) is 1.28. The Hall–Kier alpha value is -2.55. The lowest BCUT2D eigenvalue weighted by molar-refractivity contribution is -0.140. The van der Waals surface area contributed by atoms with Crippen molar-refractivity contribution in [3.05, 3.63) is 60.2 Å². The normalized spacial score (nSPS) is 16.5. The molecule has 31 heavy (non-hydrogen) atoms. The Morgan fingerprint density at radius 1 is 1.19 bits per heavy atom. The van der Waals surface area contributed by atoms with Crippen LogP contribution in [-0.4, -0.2) is 48.0 Å². The molecule has 2 N–H and O–H groups in total. The highest BCUT2D eigenvalue weighted by atomic mass is 35.5. The van der Waals surface area contributed by atoms with E-state index < -0.39 is 23.4 Å². The van der Waals surface area contributed by atoms with Crippen LogP contribution in [-0.2, 0) is 25.5 Å². The number of para-hydroxylation sites is 1. The molecule has 1 heterocycles. The standard InChI is InChI=1S/C22H24N2O5S.ClH/c1-29-21(26)14-24-17-9-5-6-10-18(17)30-19(13-20(24)25)23-16(22(27)28)12-11-15-7-3-2-4-8-15;/h2-10,16,19,23H,11-14H2,1H3,(H,27,28);1H/t16-,19?;/m0./s1. The highest BCUT2D eigenvalue weighted by Crippen LogP contribution is 2.37. The predicted octanol–water partition coefficient (Wildman–Crippen LogP) is 3.11. The first kappa shape index (κ1) is 24.7. The van der Waals surface area contributed by atoms with Crippen LogP contribution >= 0.6 is 24.2 Å². The van der Waals surface area contributed by atoms with Crippen molar-refractivity contribution in [1.29, 1.82) is 0 Å². The third-order valence-corrected chi connectivity index (χ3v) is 6.04. The van der Waals surface area contributed by atoms with Crippen LogP contribution in [0.3, 0.4) is 0 Å². The lowest BCUT2D eigenvalue weighted by Crippen LogP contribution is -2.44. The molecular weight excluding hydrogens is 440 g/mol. The van der Waals surface area contributed by atoms with Crippen LogP contribution in [0, 0.1) is 0 Å². The number of esters is 1. The van der Waals surface area contributed by atoms with Gasteiger partial charge in [-0.05, 0) is 30.5 Å². The van der Waals surface area contributed by atoms with Crippen LogP contribution in [0.25, 0.3) is 0 Å². The van der Waals surface area contributed by atoms with E-state index in [9.17, 15) is 19.5 Å². The molecule has 0 saturated heterocycles. The summed E-state index contributed by atoms with van der Waals surface area (Å²) < 4.78 is 4.72. The van der Waals surface area contributed by atoms with E-state index in [1.807, 2.05) is 42.5 Å². The van der Waals surface area contributed by atoms with Crippen molar-refractivity contribution in [3.63, 3.8) is 0 Å². The third kappa shape index (κ3) is 6.72. The summed E-state index contributed by atoms with van der Waals surface area (Å²) >= 11 is 1.40. The maximum Gasteiger partial charge on any atom is 0.325 e. The number of aliphatic carboxylic acids is 1. The molecule has 7 nitrogen and oxygen atoms in total. The number of rotatable bonds is 8. The van der Waals surface area contributed by atoms with E-state index in [4.69, 9.17) is 4.74 Å². The number of hydrogen-bond acceptors (Lipinski definition) is 6. The minimum atomic E-state index is -0.956. The maximum absolute atomic E-state index is 12.9. The van der Waals surface area contributed by atoms with Crippen LogP contribution < -0.4 is 10.2 Å². The van der Waals surface area contributed by atoms with E-state index >= 15 is 0 Å². The number of amides is 1. The second-order valence-corrected chi connectivity index (χ2v) is 8.16. The summed E-state index contributed by atoms with van der Waals surface area (Å²) in [6, 6.07) is 16.2. The Bertz CT molecular complexity index is 912. The second-order valence-electron chi connectivity index (χ2n) is 6.92. The number of ether oxygens (including phenoxy) is 1. The van der Waals surface area contributed by atoms with E-state index in [2.05, 4.69) is 5.32 Å². The molecule has 0 bridgehead atoms. The van der Waals surface area contributed by atoms with Gasteiger partial charge in [-0.2, -0.15) is 0 Å². The fraction of sp³-hybridized carbons (Fsp3) is 0.318. The smallest absolute Gasteiger partial charge is 0.325 e. The summed E-state index contributed by atoms with van der Waals surface area (Å²) in [6.07, 6.45) is 1.07. The Kier molecular flexibility index (Phi) is 9.36. The number of nitrogens with zero attached hydrogens (tertiary/aromatic N) is 1. The zero-order chi connectivity index (χ0) is 21.5. The van der Waals surface area contributed by atoms with E-state index in [1.54, 1.807) is 12.1 Å². The minimum Gasteiger partial charge on any atom is -0.480 e. The molecule has 0 spiro atoms. The first-order valence-corrected chi connectivity index (χ1v) is 10.5. The van der Waals surface area contributed by atoms with Gasteiger partial charge in [0.1, 0.15) is 12.6 Å². The largest absolute Gasteiger partial charge is 0.480 e. The van der Waals surface area contributed by atoms with Crippen LogP contribution in [0.5, 0.6) is 0 Å². The van der Waals surface area contributed by atoms with Gasteiger partial charge in [-0.3, -0.25) is 24.6 Å². The number of carbonyl (C=O) groups is 3. The fourth-order valence-electron chi connectivity index (χ4n) is 3.30. The summed E-state index contributed by atoms with van der Waals surface area (Å²) in [5.41, 5.74) is 1.68. The molecule has 0 radical (unpaired) electrons. The first-order valence-electron chi connectivity index (χ1n) is 9.63. The molecule has 0 saturated carbocycles. The number of methoxy groups -OCH3 is 1. The maximum atomic E-state index is 12.9. The molecule has 0 aromatic heterocycles. The first-order chi connectivity index (χ1) is 14.5. The van der Waals surface area contributed by atoms with E-state index in [-0.39, 0.29) is 31.3 Å². The monoisotopic (exact) mass is 464 g/mol. The number of benzene rings is 2. The SMILES string of the molecule is COC(=O)CN1C(=O)CC(N[C@@H](CCc2ccccc2)C(=O)O)Sc2ccccc21.Cl. The summed E-state index contributed by atoms with van der Waals surface area (Å²) in [6.45, 7) is -0.185. The quantitative estimate of drug-likeness (QED) is 0.579. The molecule has 3 rings (SSSR count). The summed E-state index contributed by atoms with van der Waals surface area (Å²) in [5.74, 6) is -1.73. The van der Waals surface area contributed by atoms with Gasteiger partial charge in [-0.15, -0.1) is 24.2 Å². The Morgan fingerprint density at radius 2 is 1.87 bits per heavy atom. The van der Waals surface area contributed by atoms with Crippen LogP contribution in [0.15, 0.2) is 59.5 Å². The molecule has 0 fully saturated rings. The molecule has 2 atom stereocenters. The number of aryl methyl sites for hydroxylation is 1. The van der Waals surface area contributed by atoms with Crippen molar-refractivity contribution in [1.82, 2.24) is 5.32 Å². The summed E-state index contributed by atoms with van der Waals surface area (Å²) in [5, 5.41) is 12.4. The zero-order valence-electron chi connectivity index (χ0n) is 17.0. The van der Waals surface area contributed by atoms with Crippen molar-refractivity contribution in [2.75, 3.05) is 18.6 Å². The van der Waals surface area contributed by atoms with Crippen molar-refractivity contribution in [2.24, 2.45) is 0 Å². The van der Waals surface area contributed by atoms with Crippen molar-refractivity contribution in [3.8, 4) is 0 Å². The molecule has 1 aliphatic heterocycles. The van der Waals surface area contributed by atoms with Crippen molar-refractivity contribution >= 4 is 47.7 Å². The molecular formula is C22H25ClN2O5S. The van der Waals surface area contributed by atoms with Gasteiger partial charge in [0.25, 0.3) is 0 Å². The Labute approximate surface area is 191 Å². The molecule has 166 valence electrons. The second kappa shape index (κ2) is 11.7. The molecule has 9 heteroatoms. The predicted molar refractivity (Wildman–Crippen MR) is 122 cm³/mol. The topological polar surface area (TPSA) is 95.9 Å². The summed E-state index contributed by atoms with van der Waals surface area (Å²) in [4.78, 5) is 38.7. The van der Waals surface area contributed by atoms with Gasteiger partial charge in [0.15, 0.2) is 0 Å². The Morgan fingerprint density at radius 3 is 2.55 bits per heavy atom. The van der Waals surface area contributed by atoms with E-state index in [1.165, 1.54) is 23.8 Å². The number of nitrogens with one attached hydrogen (secondary N) is 1. The number of carbonyl (C=O) groups excluding carboxylic acids is 2. The zero-order valence-corrected chi connectivity index (χ0v) is 18.7. The van der Waals surface area contributed by atoms with Gasteiger partial charge >= 0.3 is 11.9 Å². The van der Waals surface area contributed by atoms with Crippen LogP contribution in [0.4, 0.5) is 5.69 Å². The highest BCUT2D eigenvalue weighted by molar-refractivity contribution is 8.00. The molecule has 2 aromatic rings. The minimum absolute atomic E-state index is 0. The lowest BCUT2D eigenvalue weighted by Gasteiger charge is -2.22.